The van der Waals surface area contributed by atoms with Crippen molar-refractivity contribution in [2.75, 3.05) is 0 Å². The standard InChI is InChI=1S/C70H60N2/c1-48-44-59(63(51-28-12-4-13-29-51)52-30-14-5-15-31-52)67(60(45-48)64(53-32-16-6-17-33-53)54-34-18-7-19-35-54)69(70(72)50(3)71)68-61(65(55-36-20-8-21-37-55)56-38-22-9-23-39-56)46-49(2)47-62(68)66(57-40-24-10-25-41-57)58-42-26-11-27-43-58/h4-47,63-66,69,71-72H,1-3H3. The molecule has 0 aliphatic carbocycles. The molecular formula is C70H60N2. The third kappa shape index (κ3) is 9.82. The fourth-order valence-corrected chi connectivity index (χ4v) is 11.4. The van der Waals surface area contributed by atoms with Gasteiger partial charge in [0, 0.05) is 29.4 Å². The third-order valence-corrected chi connectivity index (χ3v) is 14.4. The molecule has 10 rings (SSSR count). The number of hydrogen-bond donors (Lipinski definition) is 2. The van der Waals surface area contributed by atoms with Gasteiger partial charge in [-0.05, 0) is 98.7 Å². The summed E-state index contributed by atoms with van der Waals surface area (Å²) in [4.78, 5) is 0. The summed E-state index contributed by atoms with van der Waals surface area (Å²) < 4.78 is 0. The second-order valence-electron chi connectivity index (χ2n) is 19.2. The fraction of sp³-hybridized carbons (Fsp3) is 0.114. The van der Waals surface area contributed by atoms with Crippen molar-refractivity contribution in [2.45, 2.75) is 50.4 Å². The molecule has 0 radical (unpaired) electrons. The second-order valence-corrected chi connectivity index (χ2v) is 19.2. The van der Waals surface area contributed by atoms with Crippen LogP contribution in [0.3, 0.4) is 0 Å². The van der Waals surface area contributed by atoms with Crippen LogP contribution in [0, 0.1) is 24.7 Å². The lowest BCUT2D eigenvalue weighted by molar-refractivity contribution is 0.836. The molecule has 0 fully saturated rings. The van der Waals surface area contributed by atoms with Gasteiger partial charge in [0.15, 0.2) is 0 Å². The van der Waals surface area contributed by atoms with Crippen LogP contribution in [-0.4, -0.2) is 11.4 Å². The van der Waals surface area contributed by atoms with Gasteiger partial charge < -0.3 is 10.8 Å². The van der Waals surface area contributed by atoms with E-state index in [0.717, 1.165) is 89.0 Å². The Kier molecular flexibility index (Phi) is 14.2. The van der Waals surface area contributed by atoms with E-state index in [2.05, 4.69) is 281 Å². The maximum atomic E-state index is 10.8. The van der Waals surface area contributed by atoms with Gasteiger partial charge in [0.05, 0.1) is 11.6 Å². The average Bonchev–Trinajstić information content (AvgIpc) is 3.42. The van der Waals surface area contributed by atoms with Gasteiger partial charge in [-0.2, -0.15) is 0 Å². The predicted octanol–water partition coefficient (Wildman–Crippen LogP) is 17.2. The zero-order valence-electron chi connectivity index (χ0n) is 41.3. The maximum Gasteiger partial charge on any atom is 0.0637 e. The van der Waals surface area contributed by atoms with Crippen LogP contribution in [0.5, 0.6) is 0 Å². The summed E-state index contributed by atoms with van der Waals surface area (Å²) in [6, 6.07) is 96.6. The normalized spacial score (nSPS) is 11.4. The summed E-state index contributed by atoms with van der Waals surface area (Å²) in [6.07, 6.45) is 0. The topological polar surface area (TPSA) is 47.7 Å². The number of aryl methyl sites for hydroxylation is 2. The lowest BCUT2D eigenvalue weighted by atomic mass is 9.66. The van der Waals surface area contributed by atoms with Crippen LogP contribution in [0.25, 0.3) is 0 Å². The first-order valence-electron chi connectivity index (χ1n) is 25.2. The highest BCUT2D eigenvalue weighted by atomic mass is 14.6. The molecule has 0 aliphatic heterocycles. The van der Waals surface area contributed by atoms with E-state index in [0.29, 0.717) is 0 Å². The first-order chi connectivity index (χ1) is 35.4. The molecule has 2 heteroatoms. The highest BCUT2D eigenvalue weighted by molar-refractivity contribution is 6.42. The monoisotopic (exact) mass is 928 g/mol. The molecule has 0 spiro atoms. The lowest BCUT2D eigenvalue weighted by Crippen LogP contribution is -2.28. The van der Waals surface area contributed by atoms with Gasteiger partial charge in [-0.15, -0.1) is 0 Å². The van der Waals surface area contributed by atoms with Crippen LogP contribution in [0.1, 0.15) is 126 Å². The summed E-state index contributed by atoms with van der Waals surface area (Å²) in [6.45, 7) is 6.26. The van der Waals surface area contributed by atoms with Crippen LogP contribution >= 0.6 is 0 Å². The Morgan fingerprint density at radius 3 is 0.597 bits per heavy atom. The van der Waals surface area contributed by atoms with E-state index in [-0.39, 0.29) is 35.1 Å². The molecule has 0 unspecified atom stereocenters. The van der Waals surface area contributed by atoms with E-state index >= 15 is 0 Å². The van der Waals surface area contributed by atoms with Gasteiger partial charge >= 0.3 is 0 Å². The van der Waals surface area contributed by atoms with Crippen molar-refractivity contribution >= 4 is 11.4 Å². The quantitative estimate of drug-likeness (QED) is 0.0717. The fourth-order valence-electron chi connectivity index (χ4n) is 11.4. The minimum Gasteiger partial charge on any atom is -0.304 e. The number of rotatable bonds is 16. The Morgan fingerprint density at radius 2 is 0.444 bits per heavy atom. The van der Waals surface area contributed by atoms with E-state index in [4.69, 9.17) is 0 Å². The Bertz CT molecular complexity index is 2810. The molecule has 72 heavy (non-hydrogen) atoms. The molecule has 0 atom stereocenters. The van der Waals surface area contributed by atoms with Crippen LogP contribution in [0.15, 0.2) is 267 Å². The van der Waals surface area contributed by atoms with Crippen molar-refractivity contribution in [1.29, 1.82) is 10.8 Å². The van der Waals surface area contributed by atoms with Crippen molar-refractivity contribution in [2.24, 2.45) is 0 Å². The molecule has 2 N–H and O–H groups in total. The molecule has 0 aromatic heterocycles. The third-order valence-electron chi connectivity index (χ3n) is 14.4. The zero-order chi connectivity index (χ0) is 49.4. The molecule has 350 valence electrons. The van der Waals surface area contributed by atoms with Crippen molar-refractivity contribution in [3.05, 3.63) is 356 Å². The molecular weight excluding hydrogens is 869 g/mol. The zero-order valence-corrected chi connectivity index (χ0v) is 41.3. The molecule has 2 nitrogen and oxygen atoms in total. The Balaban J connectivity index is 1.44. The largest absolute Gasteiger partial charge is 0.304 e. The summed E-state index contributed by atoms with van der Waals surface area (Å²) in [5.41, 5.74) is 18.7. The molecule has 0 aliphatic rings. The maximum absolute atomic E-state index is 10.8. The van der Waals surface area contributed by atoms with Crippen molar-refractivity contribution in [1.82, 2.24) is 0 Å². The predicted molar refractivity (Wildman–Crippen MR) is 301 cm³/mol. The molecule has 0 saturated heterocycles. The van der Waals surface area contributed by atoms with Gasteiger partial charge in [0.1, 0.15) is 0 Å². The van der Waals surface area contributed by atoms with E-state index in [1.807, 2.05) is 6.92 Å². The Hall–Kier alpha value is -8.46. The summed E-state index contributed by atoms with van der Waals surface area (Å²) in [5.74, 6) is -1.58. The van der Waals surface area contributed by atoms with Crippen LogP contribution in [0.4, 0.5) is 0 Å². The van der Waals surface area contributed by atoms with Crippen LogP contribution < -0.4 is 0 Å². The van der Waals surface area contributed by atoms with E-state index < -0.39 is 5.92 Å². The van der Waals surface area contributed by atoms with E-state index in [9.17, 15) is 10.8 Å². The lowest BCUT2D eigenvalue weighted by Gasteiger charge is -2.37. The first kappa shape index (κ1) is 47.2. The summed E-state index contributed by atoms with van der Waals surface area (Å²) in [7, 11) is 0. The minimum atomic E-state index is -0.714. The van der Waals surface area contributed by atoms with Gasteiger partial charge in [-0.1, -0.05) is 278 Å². The van der Waals surface area contributed by atoms with Crippen LogP contribution in [-0.2, 0) is 0 Å². The van der Waals surface area contributed by atoms with Crippen molar-refractivity contribution in [3.8, 4) is 0 Å². The summed E-state index contributed by atoms with van der Waals surface area (Å²) >= 11 is 0. The van der Waals surface area contributed by atoms with Crippen LogP contribution in [0.2, 0.25) is 0 Å². The molecule has 10 aromatic carbocycles. The molecule has 0 heterocycles. The molecule has 0 amide bonds. The van der Waals surface area contributed by atoms with E-state index in [1.54, 1.807) is 0 Å². The smallest absolute Gasteiger partial charge is 0.0637 e. The summed E-state index contributed by atoms with van der Waals surface area (Å²) in [5, 5.41) is 20.7. The first-order valence-corrected chi connectivity index (χ1v) is 25.2. The average molecular weight is 929 g/mol. The number of hydrogen-bond acceptors (Lipinski definition) is 2. The number of benzene rings is 10. The molecule has 10 aromatic rings. The minimum absolute atomic E-state index is 0.218. The molecule has 0 saturated carbocycles. The highest BCUT2D eigenvalue weighted by Crippen LogP contribution is 2.51. The van der Waals surface area contributed by atoms with Crippen molar-refractivity contribution in [3.63, 3.8) is 0 Å². The Labute approximate surface area is 426 Å². The van der Waals surface area contributed by atoms with Gasteiger partial charge in [-0.3, -0.25) is 0 Å². The van der Waals surface area contributed by atoms with Gasteiger partial charge in [0.2, 0.25) is 0 Å². The highest BCUT2D eigenvalue weighted by Gasteiger charge is 2.39. The van der Waals surface area contributed by atoms with E-state index in [1.165, 1.54) is 0 Å². The SMILES string of the molecule is CC(=N)C(=N)C(c1c(C(c2ccccc2)c2ccccc2)cc(C)cc1C(c1ccccc1)c1ccccc1)c1c(C(c2ccccc2)c2ccccc2)cc(C)cc1C(c1ccccc1)c1ccccc1. The number of nitrogens with one attached hydrogen (secondary N) is 2. The second kappa shape index (κ2) is 21.7. The van der Waals surface area contributed by atoms with Crippen molar-refractivity contribution < 1.29 is 0 Å². The van der Waals surface area contributed by atoms with Gasteiger partial charge in [-0.25, -0.2) is 0 Å². The molecule has 0 bridgehead atoms. The Morgan fingerprint density at radius 1 is 0.278 bits per heavy atom. The van der Waals surface area contributed by atoms with Gasteiger partial charge in [0.25, 0.3) is 0 Å².